The third-order valence-corrected chi connectivity index (χ3v) is 3.93. The van der Waals surface area contributed by atoms with Crippen molar-refractivity contribution in [2.75, 3.05) is 5.32 Å². The summed E-state index contributed by atoms with van der Waals surface area (Å²) in [4.78, 5) is 12.2. The SMILES string of the molecule is O=C(Cn1nnnc1-c1ccc(Cl)cc1)Nc1ccc(Cl)cc1Cl. The summed E-state index contributed by atoms with van der Waals surface area (Å²) in [7, 11) is 0. The number of nitrogens with one attached hydrogen (secondary N) is 1. The number of hydrogen-bond acceptors (Lipinski definition) is 4. The minimum absolute atomic E-state index is 0.0656. The monoisotopic (exact) mass is 381 g/mol. The third kappa shape index (κ3) is 3.84. The number of anilines is 1. The van der Waals surface area contributed by atoms with E-state index in [2.05, 4.69) is 20.8 Å². The van der Waals surface area contributed by atoms with Gasteiger partial charge in [0, 0.05) is 15.6 Å². The number of amides is 1. The van der Waals surface area contributed by atoms with Crippen LogP contribution in [0.3, 0.4) is 0 Å². The van der Waals surface area contributed by atoms with Crippen LogP contribution in [0.1, 0.15) is 0 Å². The second-order valence-electron chi connectivity index (χ2n) is 4.84. The molecule has 0 fully saturated rings. The number of carbonyl (C=O) groups excluding carboxylic acids is 1. The summed E-state index contributed by atoms with van der Waals surface area (Å²) >= 11 is 17.7. The average molecular weight is 383 g/mol. The molecule has 1 amide bonds. The molecule has 0 aliphatic rings. The fraction of sp³-hybridized carbons (Fsp3) is 0.0667. The van der Waals surface area contributed by atoms with Gasteiger partial charge >= 0.3 is 0 Å². The van der Waals surface area contributed by atoms with E-state index in [-0.39, 0.29) is 12.5 Å². The van der Waals surface area contributed by atoms with Gasteiger partial charge in [0.25, 0.3) is 0 Å². The highest BCUT2D eigenvalue weighted by atomic mass is 35.5. The highest BCUT2D eigenvalue weighted by Crippen LogP contribution is 2.25. The zero-order valence-electron chi connectivity index (χ0n) is 12.1. The Balaban J connectivity index is 1.76. The van der Waals surface area contributed by atoms with Gasteiger partial charge in [0.2, 0.25) is 5.91 Å². The van der Waals surface area contributed by atoms with Crippen molar-refractivity contribution in [3.8, 4) is 11.4 Å². The van der Waals surface area contributed by atoms with Crippen LogP contribution in [0.25, 0.3) is 11.4 Å². The Morgan fingerprint density at radius 1 is 1.04 bits per heavy atom. The Kier molecular flexibility index (Phi) is 4.99. The van der Waals surface area contributed by atoms with Crippen LogP contribution in [-0.2, 0) is 11.3 Å². The maximum Gasteiger partial charge on any atom is 0.246 e. The van der Waals surface area contributed by atoms with Crippen molar-refractivity contribution in [2.45, 2.75) is 6.54 Å². The molecule has 6 nitrogen and oxygen atoms in total. The van der Waals surface area contributed by atoms with E-state index in [1.54, 1.807) is 42.5 Å². The summed E-state index contributed by atoms with van der Waals surface area (Å²) in [6.07, 6.45) is 0. The summed E-state index contributed by atoms with van der Waals surface area (Å²) < 4.78 is 1.39. The Morgan fingerprint density at radius 3 is 2.46 bits per heavy atom. The van der Waals surface area contributed by atoms with Crippen molar-refractivity contribution in [1.29, 1.82) is 0 Å². The van der Waals surface area contributed by atoms with Crippen molar-refractivity contribution in [3.05, 3.63) is 57.5 Å². The molecule has 0 spiro atoms. The number of hydrogen-bond donors (Lipinski definition) is 1. The molecule has 0 radical (unpaired) electrons. The standard InChI is InChI=1S/C15H10Cl3N5O/c16-10-3-1-9(2-4-10)15-20-21-22-23(15)8-14(24)19-13-6-5-11(17)7-12(13)18/h1-7H,8H2,(H,19,24). The number of aromatic nitrogens is 4. The summed E-state index contributed by atoms with van der Waals surface area (Å²) in [5, 5.41) is 15.5. The number of tetrazole rings is 1. The molecule has 1 N–H and O–H groups in total. The minimum Gasteiger partial charge on any atom is -0.323 e. The van der Waals surface area contributed by atoms with E-state index >= 15 is 0 Å². The Bertz CT molecular complexity index is 879. The van der Waals surface area contributed by atoms with E-state index in [4.69, 9.17) is 34.8 Å². The van der Waals surface area contributed by atoms with E-state index in [0.717, 1.165) is 5.56 Å². The first-order valence-electron chi connectivity index (χ1n) is 6.80. The molecule has 0 aliphatic heterocycles. The summed E-state index contributed by atoms with van der Waals surface area (Å²) in [5.74, 6) is 0.144. The number of benzene rings is 2. The van der Waals surface area contributed by atoms with Gasteiger partial charge in [-0.1, -0.05) is 34.8 Å². The molecule has 3 aromatic rings. The Morgan fingerprint density at radius 2 is 1.75 bits per heavy atom. The molecular weight excluding hydrogens is 373 g/mol. The molecule has 0 unspecified atom stereocenters. The minimum atomic E-state index is -0.318. The maximum absolute atomic E-state index is 12.2. The molecule has 0 atom stereocenters. The van der Waals surface area contributed by atoms with E-state index in [9.17, 15) is 4.79 Å². The van der Waals surface area contributed by atoms with Gasteiger partial charge in [-0.15, -0.1) is 5.10 Å². The summed E-state index contributed by atoms with van der Waals surface area (Å²) in [6.45, 7) is -0.0656. The highest BCUT2D eigenvalue weighted by molar-refractivity contribution is 6.36. The van der Waals surface area contributed by atoms with E-state index in [1.165, 1.54) is 4.68 Å². The first-order valence-corrected chi connectivity index (χ1v) is 7.93. The normalized spacial score (nSPS) is 10.6. The second kappa shape index (κ2) is 7.17. The molecule has 1 aromatic heterocycles. The van der Waals surface area contributed by atoms with Crippen molar-refractivity contribution in [1.82, 2.24) is 20.2 Å². The molecule has 1 heterocycles. The largest absolute Gasteiger partial charge is 0.323 e. The lowest BCUT2D eigenvalue weighted by Gasteiger charge is -2.08. The zero-order valence-corrected chi connectivity index (χ0v) is 14.3. The molecule has 3 rings (SSSR count). The molecule has 0 saturated heterocycles. The molecule has 0 saturated carbocycles. The van der Waals surface area contributed by atoms with Gasteiger partial charge in [0.1, 0.15) is 6.54 Å². The predicted molar refractivity (Wildman–Crippen MR) is 93.4 cm³/mol. The van der Waals surface area contributed by atoms with Crippen LogP contribution >= 0.6 is 34.8 Å². The van der Waals surface area contributed by atoms with Crippen molar-refractivity contribution in [2.24, 2.45) is 0 Å². The fourth-order valence-electron chi connectivity index (χ4n) is 2.03. The van der Waals surface area contributed by atoms with E-state index in [0.29, 0.717) is 26.6 Å². The fourth-order valence-corrected chi connectivity index (χ4v) is 2.62. The van der Waals surface area contributed by atoms with Crippen molar-refractivity contribution in [3.63, 3.8) is 0 Å². The van der Waals surface area contributed by atoms with Crippen molar-refractivity contribution < 1.29 is 4.79 Å². The van der Waals surface area contributed by atoms with Crippen LogP contribution in [0.15, 0.2) is 42.5 Å². The highest BCUT2D eigenvalue weighted by Gasteiger charge is 2.13. The lowest BCUT2D eigenvalue weighted by molar-refractivity contribution is -0.116. The molecular formula is C15H10Cl3N5O. The van der Waals surface area contributed by atoms with Gasteiger partial charge in [0.15, 0.2) is 5.82 Å². The molecule has 24 heavy (non-hydrogen) atoms. The number of rotatable bonds is 4. The van der Waals surface area contributed by atoms with Crippen LogP contribution in [0.2, 0.25) is 15.1 Å². The molecule has 0 bridgehead atoms. The van der Waals surface area contributed by atoms with Gasteiger partial charge < -0.3 is 5.32 Å². The molecule has 122 valence electrons. The van der Waals surface area contributed by atoms with E-state index in [1.807, 2.05) is 0 Å². The maximum atomic E-state index is 12.2. The quantitative estimate of drug-likeness (QED) is 0.742. The van der Waals surface area contributed by atoms with Gasteiger partial charge in [-0.25, -0.2) is 4.68 Å². The average Bonchev–Trinajstić information content (AvgIpc) is 2.99. The molecule has 9 heteroatoms. The van der Waals surface area contributed by atoms with Crippen LogP contribution in [-0.4, -0.2) is 26.1 Å². The predicted octanol–water partition coefficient (Wildman–Crippen LogP) is 3.94. The Labute approximate surface area is 152 Å². The van der Waals surface area contributed by atoms with Crippen LogP contribution < -0.4 is 5.32 Å². The smallest absolute Gasteiger partial charge is 0.246 e. The lowest BCUT2D eigenvalue weighted by Crippen LogP contribution is -2.20. The van der Waals surface area contributed by atoms with Gasteiger partial charge in [0.05, 0.1) is 10.7 Å². The van der Waals surface area contributed by atoms with Crippen LogP contribution in [0.5, 0.6) is 0 Å². The first kappa shape index (κ1) is 16.7. The van der Waals surface area contributed by atoms with Gasteiger partial charge in [-0.2, -0.15) is 0 Å². The van der Waals surface area contributed by atoms with Crippen molar-refractivity contribution >= 4 is 46.4 Å². The number of carbonyl (C=O) groups is 1. The third-order valence-electron chi connectivity index (χ3n) is 3.13. The number of halogens is 3. The summed E-state index contributed by atoms with van der Waals surface area (Å²) in [6, 6.07) is 11.8. The van der Waals surface area contributed by atoms with Gasteiger partial charge in [-0.3, -0.25) is 4.79 Å². The molecule has 0 aliphatic carbocycles. The van der Waals surface area contributed by atoms with E-state index < -0.39 is 0 Å². The summed E-state index contributed by atoms with van der Waals surface area (Å²) in [5.41, 5.74) is 1.22. The lowest BCUT2D eigenvalue weighted by atomic mass is 10.2. The van der Waals surface area contributed by atoms with Gasteiger partial charge in [-0.05, 0) is 52.9 Å². The zero-order chi connectivity index (χ0) is 17.1. The second-order valence-corrected chi connectivity index (χ2v) is 6.12. The first-order chi connectivity index (χ1) is 11.5. The topological polar surface area (TPSA) is 72.7 Å². The molecule has 2 aromatic carbocycles. The Hall–Kier alpha value is -2.15. The van der Waals surface area contributed by atoms with Crippen LogP contribution in [0.4, 0.5) is 5.69 Å². The van der Waals surface area contributed by atoms with Crippen LogP contribution in [0, 0.1) is 0 Å². The number of nitrogens with zero attached hydrogens (tertiary/aromatic N) is 4.